The molecule has 1 amide bonds. The van der Waals surface area contributed by atoms with Gasteiger partial charge in [0.25, 0.3) is 5.91 Å². The third-order valence-corrected chi connectivity index (χ3v) is 6.33. The summed E-state index contributed by atoms with van der Waals surface area (Å²) in [6.45, 7) is 4.40. The van der Waals surface area contributed by atoms with Crippen LogP contribution in [0.1, 0.15) is 34.1 Å². The molecular formula is C24H22ClFN2O4. The van der Waals surface area contributed by atoms with Crippen LogP contribution >= 0.6 is 11.6 Å². The predicted octanol–water partition coefficient (Wildman–Crippen LogP) is 3.85. The number of ether oxygens (including phenoxy) is 1. The maximum absolute atomic E-state index is 13.6. The summed E-state index contributed by atoms with van der Waals surface area (Å²) in [7, 11) is 0. The summed E-state index contributed by atoms with van der Waals surface area (Å²) >= 11 is 6.10. The Balaban J connectivity index is 1.53. The van der Waals surface area contributed by atoms with Crippen LogP contribution in [0.5, 0.6) is 0 Å². The molecule has 0 aliphatic carbocycles. The predicted molar refractivity (Wildman–Crippen MR) is 119 cm³/mol. The van der Waals surface area contributed by atoms with Crippen LogP contribution < -0.4 is 5.43 Å². The molecule has 1 atom stereocenters. The molecule has 5 rings (SSSR count). The second-order valence-corrected chi connectivity index (χ2v) is 8.51. The number of rotatable bonds is 5. The Kier molecular flexibility index (Phi) is 5.71. The fourth-order valence-corrected chi connectivity index (χ4v) is 4.68. The minimum absolute atomic E-state index is 0.0468. The highest BCUT2D eigenvalue weighted by Gasteiger charge is 2.42. The Morgan fingerprint density at radius 1 is 1.03 bits per heavy atom. The molecule has 166 valence electrons. The molecule has 1 fully saturated rings. The SMILES string of the molecule is O=C1c2oc3ccc(Cl)cc3c(=O)c2C(c2ccc(F)cc2)N1CCCN1CCOCC1. The largest absolute Gasteiger partial charge is 0.450 e. The van der Waals surface area contributed by atoms with E-state index in [1.807, 2.05) is 0 Å². The van der Waals surface area contributed by atoms with Gasteiger partial charge in [0.05, 0.1) is 30.2 Å². The van der Waals surface area contributed by atoms with Crippen LogP contribution in [-0.2, 0) is 4.74 Å². The van der Waals surface area contributed by atoms with E-state index in [1.54, 1.807) is 35.2 Å². The first-order valence-electron chi connectivity index (χ1n) is 10.7. The van der Waals surface area contributed by atoms with Gasteiger partial charge < -0.3 is 14.1 Å². The van der Waals surface area contributed by atoms with Gasteiger partial charge in [-0.05, 0) is 42.3 Å². The van der Waals surface area contributed by atoms with E-state index >= 15 is 0 Å². The number of benzene rings is 2. The van der Waals surface area contributed by atoms with Crippen molar-refractivity contribution in [2.45, 2.75) is 12.5 Å². The van der Waals surface area contributed by atoms with E-state index < -0.39 is 6.04 Å². The number of hydrogen-bond donors (Lipinski definition) is 0. The lowest BCUT2D eigenvalue weighted by Crippen LogP contribution is -2.38. The van der Waals surface area contributed by atoms with Gasteiger partial charge in [-0.3, -0.25) is 14.5 Å². The van der Waals surface area contributed by atoms with Crippen molar-refractivity contribution in [2.75, 3.05) is 39.4 Å². The smallest absolute Gasteiger partial charge is 0.290 e. The van der Waals surface area contributed by atoms with Crippen molar-refractivity contribution < 1.29 is 18.3 Å². The fourth-order valence-electron chi connectivity index (χ4n) is 4.50. The Labute approximate surface area is 189 Å². The zero-order valence-electron chi connectivity index (χ0n) is 17.4. The van der Waals surface area contributed by atoms with E-state index in [0.717, 1.165) is 26.1 Å². The first kappa shape index (κ1) is 21.1. The molecule has 2 aliphatic heterocycles. The van der Waals surface area contributed by atoms with Crippen molar-refractivity contribution in [3.05, 3.63) is 80.4 Å². The molecule has 6 nitrogen and oxygen atoms in total. The molecule has 0 N–H and O–H groups in total. The lowest BCUT2D eigenvalue weighted by atomic mass is 9.98. The second-order valence-electron chi connectivity index (χ2n) is 8.07. The molecule has 1 unspecified atom stereocenters. The fraction of sp³-hybridized carbons (Fsp3) is 0.333. The van der Waals surface area contributed by atoms with Crippen molar-refractivity contribution in [1.29, 1.82) is 0 Å². The first-order valence-corrected chi connectivity index (χ1v) is 11.0. The van der Waals surface area contributed by atoms with Gasteiger partial charge in [0.15, 0.2) is 5.43 Å². The lowest BCUT2D eigenvalue weighted by Gasteiger charge is -2.29. The summed E-state index contributed by atoms with van der Waals surface area (Å²) in [6, 6.07) is 10.0. The molecule has 3 heterocycles. The number of fused-ring (bicyclic) bond motifs is 2. The molecule has 32 heavy (non-hydrogen) atoms. The van der Waals surface area contributed by atoms with Crippen LogP contribution in [0.15, 0.2) is 51.7 Å². The van der Waals surface area contributed by atoms with Crippen molar-refractivity contribution in [3.8, 4) is 0 Å². The van der Waals surface area contributed by atoms with E-state index in [9.17, 15) is 14.0 Å². The van der Waals surface area contributed by atoms with Gasteiger partial charge in [-0.1, -0.05) is 23.7 Å². The van der Waals surface area contributed by atoms with Crippen LogP contribution in [0.3, 0.4) is 0 Å². The van der Waals surface area contributed by atoms with Gasteiger partial charge in [-0.25, -0.2) is 4.39 Å². The Morgan fingerprint density at radius 3 is 2.53 bits per heavy atom. The summed E-state index contributed by atoms with van der Waals surface area (Å²) in [4.78, 5) is 30.7. The van der Waals surface area contributed by atoms with Gasteiger partial charge in [-0.2, -0.15) is 0 Å². The van der Waals surface area contributed by atoms with Crippen LogP contribution in [0.4, 0.5) is 4.39 Å². The minimum atomic E-state index is -0.637. The van der Waals surface area contributed by atoms with E-state index in [2.05, 4.69) is 4.90 Å². The molecule has 2 aromatic carbocycles. The van der Waals surface area contributed by atoms with Gasteiger partial charge in [-0.15, -0.1) is 0 Å². The number of amides is 1. The van der Waals surface area contributed by atoms with Crippen molar-refractivity contribution in [1.82, 2.24) is 9.80 Å². The van der Waals surface area contributed by atoms with Crippen molar-refractivity contribution >= 4 is 28.5 Å². The van der Waals surface area contributed by atoms with E-state index in [-0.39, 0.29) is 28.5 Å². The van der Waals surface area contributed by atoms with Crippen LogP contribution in [0.25, 0.3) is 11.0 Å². The first-order chi connectivity index (χ1) is 15.5. The molecule has 0 bridgehead atoms. The molecule has 0 radical (unpaired) electrons. The van der Waals surface area contributed by atoms with E-state index in [4.69, 9.17) is 20.8 Å². The normalized spacial score (nSPS) is 19.0. The highest BCUT2D eigenvalue weighted by Crippen LogP contribution is 2.38. The number of carbonyl (C=O) groups excluding carboxylic acids is 1. The van der Waals surface area contributed by atoms with Gasteiger partial charge in [0.1, 0.15) is 11.4 Å². The average molecular weight is 457 g/mol. The van der Waals surface area contributed by atoms with Crippen LogP contribution in [0, 0.1) is 5.82 Å². The molecule has 0 spiro atoms. The molecule has 0 saturated carbocycles. The highest BCUT2D eigenvalue weighted by atomic mass is 35.5. The van der Waals surface area contributed by atoms with E-state index in [1.165, 1.54) is 12.1 Å². The Bertz CT molecular complexity index is 1220. The molecule has 1 aromatic heterocycles. The number of morpholine rings is 1. The maximum atomic E-state index is 13.6. The zero-order valence-corrected chi connectivity index (χ0v) is 18.1. The van der Waals surface area contributed by atoms with E-state index in [0.29, 0.717) is 41.3 Å². The van der Waals surface area contributed by atoms with Gasteiger partial charge >= 0.3 is 0 Å². The molecular weight excluding hydrogens is 435 g/mol. The second kappa shape index (κ2) is 8.65. The molecule has 1 saturated heterocycles. The van der Waals surface area contributed by atoms with Gasteiger partial charge in [0.2, 0.25) is 5.76 Å². The number of hydrogen-bond acceptors (Lipinski definition) is 5. The Hall–Kier alpha value is -2.74. The maximum Gasteiger partial charge on any atom is 0.290 e. The van der Waals surface area contributed by atoms with Gasteiger partial charge in [0, 0.05) is 31.2 Å². The summed E-state index contributed by atoms with van der Waals surface area (Å²) in [5.41, 5.74) is 0.975. The number of carbonyl (C=O) groups is 1. The Morgan fingerprint density at radius 2 is 1.78 bits per heavy atom. The third kappa shape index (κ3) is 3.81. The standard InChI is InChI=1S/C24H22ClFN2O4/c25-16-4-7-19-18(14-16)22(29)20-21(15-2-5-17(26)6-3-15)28(24(30)23(20)32-19)9-1-8-27-10-12-31-13-11-27/h2-7,14,21H,1,8-13H2. The summed E-state index contributed by atoms with van der Waals surface area (Å²) in [5.74, 6) is -0.662. The highest BCUT2D eigenvalue weighted by molar-refractivity contribution is 6.31. The topological polar surface area (TPSA) is 63.0 Å². The monoisotopic (exact) mass is 456 g/mol. The summed E-state index contributed by atoms with van der Waals surface area (Å²) < 4.78 is 24.9. The molecule has 8 heteroatoms. The summed E-state index contributed by atoms with van der Waals surface area (Å²) in [5, 5.41) is 0.737. The lowest BCUT2D eigenvalue weighted by molar-refractivity contribution is 0.0353. The zero-order chi connectivity index (χ0) is 22.2. The van der Waals surface area contributed by atoms with Crippen molar-refractivity contribution in [2.24, 2.45) is 0 Å². The number of nitrogens with zero attached hydrogens (tertiary/aromatic N) is 2. The van der Waals surface area contributed by atoms with Crippen LogP contribution in [0.2, 0.25) is 5.02 Å². The third-order valence-electron chi connectivity index (χ3n) is 6.09. The number of halogens is 2. The summed E-state index contributed by atoms with van der Waals surface area (Å²) in [6.07, 6.45) is 0.733. The minimum Gasteiger partial charge on any atom is -0.450 e. The molecule has 2 aliphatic rings. The van der Waals surface area contributed by atoms with Crippen LogP contribution in [-0.4, -0.2) is 55.1 Å². The molecule has 3 aromatic rings. The average Bonchev–Trinajstić information content (AvgIpc) is 3.08. The quantitative estimate of drug-likeness (QED) is 0.583. The van der Waals surface area contributed by atoms with Crippen molar-refractivity contribution in [3.63, 3.8) is 0 Å².